The molecular weight excluding hydrogens is 462 g/mol. The first-order chi connectivity index (χ1) is 15.7. The Labute approximate surface area is 196 Å². The van der Waals surface area contributed by atoms with E-state index in [2.05, 4.69) is 9.71 Å². The van der Waals surface area contributed by atoms with Crippen molar-refractivity contribution in [3.8, 4) is 0 Å². The van der Waals surface area contributed by atoms with E-state index < -0.39 is 15.3 Å². The first kappa shape index (κ1) is 23.5. The number of nitrogens with one attached hydrogen (secondary N) is 1. The number of hydrogen-bond donors (Lipinski definition) is 1. The van der Waals surface area contributed by atoms with Gasteiger partial charge in [0.2, 0.25) is 10.0 Å². The molecule has 0 amide bonds. The lowest BCUT2D eigenvalue weighted by atomic mass is 10.1. The number of aromatic nitrogens is 2. The van der Waals surface area contributed by atoms with Gasteiger partial charge in [0.25, 0.3) is 5.56 Å². The molecule has 1 aromatic heterocycles. The van der Waals surface area contributed by atoms with Gasteiger partial charge in [-0.25, -0.2) is 13.4 Å². The van der Waals surface area contributed by atoms with Crippen LogP contribution >= 0.6 is 11.8 Å². The molecule has 2 aromatic carbocycles. The summed E-state index contributed by atoms with van der Waals surface area (Å²) in [5.41, 5.74) is 1.28. The monoisotopic (exact) mass is 487 g/mol. The Morgan fingerprint density at radius 2 is 1.97 bits per heavy atom. The third kappa shape index (κ3) is 5.63. The molecule has 0 radical (unpaired) electrons. The van der Waals surface area contributed by atoms with Crippen LogP contribution in [0.1, 0.15) is 30.1 Å². The number of carbonyl (C=O) groups excluding carboxylic acids is 1. The molecule has 33 heavy (non-hydrogen) atoms. The van der Waals surface area contributed by atoms with E-state index in [1.165, 1.54) is 11.8 Å². The lowest BCUT2D eigenvalue weighted by Gasteiger charge is -2.18. The van der Waals surface area contributed by atoms with E-state index in [1.54, 1.807) is 47.9 Å². The van der Waals surface area contributed by atoms with Crippen LogP contribution in [0.5, 0.6) is 0 Å². The van der Waals surface area contributed by atoms with Crippen LogP contribution in [0, 0.1) is 0 Å². The second kappa shape index (κ2) is 9.66. The molecule has 1 fully saturated rings. The molecule has 0 aliphatic carbocycles. The predicted molar refractivity (Wildman–Crippen MR) is 130 cm³/mol. The fourth-order valence-corrected chi connectivity index (χ4v) is 5.31. The Hall–Kier alpha value is -2.69. The molecule has 1 N–H and O–H groups in total. The maximum absolute atomic E-state index is 13.2. The average molecular weight is 488 g/mol. The molecule has 2 heterocycles. The summed E-state index contributed by atoms with van der Waals surface area (Å²) in [6.07, 6.45) is 2.86. The van der Waals surface area contributed by atoms with Crippen LogP contribution < -0.4 is 10.3 Å². The van der Waals surface area contributed by atoms with Crippen molar-refractivity contribution in [1.29, 1.82) is 0 Å². The predicted octanol–water partition coefficient (Wildman–Crippen LogP) is 3.31. The van der Waals surface area contributed by atoms with Crippen LogP contribution in [0.25, 0.3) is 10.9 Å². The molecule has 3 aromatic rings. The number of fused-ring (bicyclic) bond motifs is 1. The van der Waals surface area contributed by atoms with Crippen LogP contribution in [0.3, 0.4) is 0 Å². The average Bonchev–Trinajstić information content (AvgIpc) is 3.28. The minimum atomic E-state index is -3.39. The fraction of sp³-hybridized carbons (Fsp3) is 0.348. The molecule has 1 aliphatic rings. The number of benzene rings is 2. The molecule has 4 rings (SSSR count). The van der Waals surface area contributed by atoms with Crippen LogP contribution in [0.2, 0.25) is 0 Å². The van der Waals surface area contributed by atoms with Crippen molar-refractivity contribution >= 4 is 44.2 Å². The van der Waals surface area contributed by atoms with Gasteiger partial charge in [0, 0.05) is 17.9 Å². The van der Waals surface area contributed by atoms with Gasteiger partial charge in [0.15, 0.2) is 10.9 Å². The third-order valence-electron chi connectivity index (χ3n) is 5.36. The first-order valence-electron chi connectivity index (χ1n) is 10.6. The highest BCUT2D eigenvalue weighted by Gasteiger charge is 2.24. The molecule has 0 unspecified atom stereocenters. The normalized spacial score (nSPS) is 17.2. The van der Waals surface area contributed by atoms with E-state index in [-0.39, 0.29) is 17.4 Å². The maximum Gasteiger partial charge on any atom is 0.262 e. The number of rotatable bonds is 8. The number of sulfonamides is 1. The third-order valence-corrected chi connectivity index (χ3v) is 7.06. The molecule has 0 saturated carbocycles. The second-order valence-corrected chi connectivity index (χ2v) is 11.1. The van der Waals surface area contributed by atoms with Crippen molar-refractivity contribution in [3.05, 3.63) is 64.4 Å². The Bertz CT molecular complexity index is 1330. The summed E-state index contributed by atoms with van der Waals surface area (Å²) >= 11 is 1.23. The second-order valence-electron chi connectivity index (χ2n) is 8.04. The zero-order chi connectivity index (χ0) is 23.6. The topological polar surface area (TPSA) is 107 Å². The number of carbonyl (C=O) groups is 1. The van der Waals surface area contributed by atoms with E-state index in [1.807, 2.05) is 12.1 Å². The summed E-state index contributed by atoms with van der Waals surface area (Å²) in [7, 11) is -3.39. The van der Waals surface area contributed by atoms with Gasteiger partial charge in [0.05, 0.1) is 35.1 Å². The molecule has 2 atom stereocenters. The van der Waals surface area contributed by atoms with Gasteiger partial charge in [-0.3, -0.25) is 18.9 Å². The smallest absolute Gasteiger partial charge is 0.262 e. The van der Waals surface area contributed by atoms with Crippen molar-refractivity contribution in [2.75, 3.05) is 17.6 Å². The number of Topliss-reactive ketones (excluding diaryl/α,β-unsaturated/α-hetero) is 1. The standard InChI is InChI=1S/C23H25N3O5S2/c1-15(21(27)16-9-11-17(12-10-16)25-33(2,29)30)32-23-24-20-8-4-3-7-19(20)22(28)26(23)14-18-6-5-13-31-18/h3-4,7-12,15,18,25H,5-6,13-14H2,1-2H3/t15-,18-/m1/s1. The fourth-order valence-electron chi connectivity index (χ4n) is 3.75. The highest BCUT2D eigenvalue weighted by Crippen LogP contribution is 2.27. The summed E-state index contributed by atoms with van der Waals surface area (Å²) in [6, 6.07) is 13.4. The largest absolute Gasteiger partial charge is 0.376 e. The summed E-state index contributed by atoms with van der Waals surface area (Å²) in [4.78, 5) is 31.0. The Morgan fingerprint density at radius 3 is 2.64 bits per heavy atom. The SMILES string of the molecule is C[C@@H](Sc1nc2ccccc2c(=O)n1C[C@H]1CCCO1)C(=O)c1ccc(NS(C)(=O)=O)cc1. The summed E-state index contributed by atoms with van der Waals surface area (Å²) in [5.74, 6) is -0.142. The van der Waals surface area contributed by atoms with E-state index in [9.17, 15) is 18.0 Å². The summed E-state index contributed by atoms with van der Waals surface area (Å²) in [5, 5.41) is 0.501. The summed E-state index contributed by atoms with van der Waals surface area (Å²) < 4.78 is 32.5. The van der Waals surface area contributed by atoms with Crippen molar-refractivity contribution < 1.29 is 17.9 Å². The number of ether oxygens (including phenoxy) is 1. The zero-order valence-electron chi connectivity index (χ0n) is 18.4. The van der Waals surface area contributed by atoms with Gasteiger partial charge in [0.1, 0.15) is 0 Å². The molecular formula is C23H25N3O5S2. The van der Waals surface area contributed by atoms with Gasteiger partial charge in [-0.05, 0) is 56.2 Å². The van der Waals surface area contributed by atoms with Gasteiger partial charge in [-0.15, -0.1) is 0 Å². The van der Waals surface area contributed by atoms with E-state index in [4.69, 9.17) is 4.74 Å². The first-order valence-corrected chi connectivity index (χ1v) is 13.4. The van der Waals surface area contributed by atoms with Crippen LogP contribution in [0.4, 0.5) is 5.69 Å². The quantitative estimate of drug-likeness (QED) is 0.295. The molecule has 1 saturated heterocycles. The van der Waals surface area contributed by atoms with Crippen LogP contribution in [-0.4, -0.2) is 48.0 Å². The molecule has 10 heteroatoms. The van der Waals surface area contributed by atoms with Gasteiger partial charge < -0.3 is 4.74 Å². The number of para-hydroxylation sites is 1. The van der Waals surface area contributed by atoms with E-state index in [0.717, 1.165) is 19.1 Å². The number of nitrogens with zero attached hydrogens (tertiary/aromatic N) is 2. The highest BCUT2D eigenvalue weighted by molar-refractivity contribution is 8.00. The Morgan fingerprint density at radius 1 is 1.24 bits per heavy atom. The van der Waals surface area contributed by atoms with Crippen molar-refractivity contribution in [1.82, 2.24) is 9.55 Å². The molecule has 174 valence electrons. The molecule has 0 bridgehead atoms. The lowest BCUT2D eigenvalue weighted by molar-refractivity contribution is 0.0937. The number of hydrogen-bond acceptors (Lipinski definition) is 7. The molecule has 8 nitrogen and oxygen atoms in total. The summed E-state index contributed by atoms with van der Waals surface area (Å²) in [6.45, 7) is 2.85. The number of anilines is 1. The lowest BCUT2D eigenvalue weighted by Crippen LogP contribution is -2.29. The van der Waals surface area contributed by atoms with Gasteiger partial charge in [-0.2, -0.15) is 0 Å². The number of thioether (sulfide) groups is 1. The minimum Gasteiger partial charge on any atom is -0.376 e. The Balaban J connectivity index is 1.60. The highest BCUT2D eigenvalue weighted by atomic mass is 32.2. The zero-order valence-corrected chi connectivity index (χ0v) is 20.0. The van der Waals surface area contributed by atoms with E-state index >= 15 is 0 Å². The Kier molecular flexibility index (Phi) is 6.87. The van der Waals surface area contributed by atoms with Crippen LogP contribution in [-0.2, 0) is 21.3 Å². The van der Waals surface area contributed by atoms with Crippen molar-refractivity contribution in [2.45, 2.75) is 42.8 Å². The molecule has 1 aliphatic heterocycles. The van der Waals surface area contributed by atoms with Crippen molar-refractivity contribution in [2.24, 2.45) is 0 Å². The van der Waals surface area contributed by atoms with Crippen molar-refractivity contribution in [3.63, 3.8) is 0 Å². The molecule has 0 spiro atoms. The van der Waals surface area contributed by atoms with Crippen LogP contribution in [0.15, 0.2) is 58.5 Å². The van der Waals surface area contributed by atoms with Gasteiger partial charge in [-0.1, -0.05) is 23.9 Å². The van der Waals surface area contributed by atoms with E-state index in [0.29, 0.717) is 40.5 Å². The number of ketones is 1. The minimum absolute atomic E-state index is 0.0501. The maximum atomic E-state index is 13.2. The van der Waals surface area contributed by atoms with Gasteiger partial charge >= 0.3 is 0 Å².